The third-order valence-corrected chi connectivity index (χ3v) is 3.03. The molecule has 88 valence electrons. The lowest BCUT2D eigenvalue weighted by Crippen LogP contribution is -2.33. The Morgan fingerprint density at radius 3 is 2.87 bits per heavy atom. The van der Waals surface area contributed by atoms with Crippen molar-refractivity contribution in [2.24, 2.45) is 5.92 Å². The SMILES string of the molecule is COCC1CCN(C(C)CC(=O)OC)C1. The average Bonchev–Trinajstić information content (AvgIpc) is 2.67. The molecule has 1 aliphatic heterocycles. The number of ether oxygens (including phenoxy) is 2. The van der Waals surface area contributed by atoms with E-state index in [1.54, 1.807) is 7.11 Å². The van der Waals surface area contributed by atoms with Crippen molar-refractivity contribution in [1.29, 1.82) is 0 Å². The summed E-state index contributed by atoms with van der Waals surface area (Å²) < 4.78 is 9.80. The molecular formula is C11H21NO3. The molecule has 15 heavy (non-hydrogen) atoms. The highest BCUT2D eigenvalue weighted by Gasteiger charge is 2.27. The van der Waals surface area contributed by atoms with Crippen molar-refractivity contribution < 1.29 is 14.3 Å². The Balaban J connectivity index is 2.29. The topological polar surface area (TPSA) is 38.8 Å². The highest BCUT2D eigenvalue weighted by molar-refractivity contribution is 5.69. The van der Waals surface area contributed by atoms with Crippen LogP contribution in [0.3, 0.4) is 0 Å². The van der Waals surface area contributed by atoms with E-state index >= 15 is 0 Å². The van der Waals surface area contributed by atoms with Crippen molar-refractivity contribution in [1.82, 2.24) is 4.90 Å². The molecule has 1 heterocycles. The van der Waals surface area contributed by atoms with Gasteiger partial charge in [0.05, 0.1) is 20.1 Å². The van der Waals surface area contributed by atoms with Gasteiger partial charge in [-0.2, -0.15) is 0 Å². The quantitative estimate of drug-likeness (QED) is 0.639. The van der Waals surface area contributed by atoms with Crippen molar-refractivity contribution >= 4 is 5.97 Å². The minimum absolute atomic E-state index is 0.127. The van der Waals surface area contributed by atoms with E-state index in [0.29, 0.717) is 12.3 Å². The largest absolute Gasteiger partial charge is 0.469 e. The number of methoxy groups -OCH3 is 2. The molecule has 0 aromatic heterocycles. The van der Waals surface area contributed by atoms with E-state index in [2.05, 4.69) is 16.6 Å². The van der Waals surface area contributed by atoms with Crippen LogP contribution in [-0.2, 0) is 14.3 Å². The fourth-order valence-electron chi connectivity index (χ4n) is 2.09. The zero-order valence-corrected chi connectivity index (χ0v) is 9.86. The standard InChI is InChI=1S/C11H21NO3/c1-9(6-11(13)15-3)12-5-4-10(7-12)8-14-2/h9-10H,4-8H2,1-3H3. The summed E-state index contributed by atoms with van der Waals surface area (Å²) in [5.41, 5.74) is 0. The van der Waals surface area contributed by atoms with Gasteiger partial charge < -0.3 is 9.47 Å². The predicted molar refractivity (Wildman–Crippen MR) is 57.7 cm³/mol. The molecule has 0 bridgehead atoms. The van der Waals surface area contributed by atoms with E-state index in [1.807, 2.05) is 0 Å². The number of esters is 1. The van der Waals surface area contributed by atoms with Gasteiger partial charge in [-0.05, 0) is 25.8 Å². The molecule has 0 spiro atoms. The second kappa shape index (κ2) is 6.08. The van der Waals surface area contributed by atoms with Crippen molar-refractivity contribution in [2.75, 3.05) is 33.9 Å². The molecule has 0 aromatic carbocycles. The van der Waals surface area contributed by atoms with Gasteiger partial charge in [0.1, 0.15) is 0 Å². The lowest BCUT2D eigenvalue weighted by molar-refractivity contribution is -0.141. The summed E-state index contributed by atoms with van der Waals surface area (Å²) >= 11 is 0. The molecule has 1 rings (SSSR count). The van der Waals surface area contributed by atoms with Gasteiger partial charge in [-0.15, -0.1) is 0 Å². The van der Waals surface area contributed by atoms with E-state index < -0.39 is 0 Å². The Bertz CT molecular complexity index is 208. The van der Waals surface area contributed by atoms with Crippen molar-refractivity contribution in [3.63, 3.8) is 0 Å². The summed E-state index contributed by atoms with van der Waals surface area (Å²) in [6, 6.07) is 0.277. The van der Waals surface area contributed by atoms with E-state index in [9.17, 15) is 4.79 Å². The second-order valence-electron chi connectivity index (χ2n) is 4.23. The molecule has 4 heteroatoms. The average molecular weight is 215 g/mol. The fraction of sp³-hybridized carbons (Fsp3) is 0.909. The third-order valence-electron chi connectivity index (χ3n) is 3.03. The summed E-state index contributed by atoms with van der Waals surface area (Å²) in [7, 11) is 3.17. The zero-order chi connectivity index (χ0) is 11.3. The molecule has 0 N–H and O–H groups in total. The first-order valence-electron chi connectivity index (χ1n) is 5.47. The Hall–Kier alpha value is -0.610. The third kappa shape index (κ3) is 3.80. The van der Waals surface area contributed by atoms with Crippen LogP contribution in [-0.4, -0.2) is 50.8 Å². The maximum absolute atomic E-state index is 11.1. The molecule has 1 aliphatic rings. The number of rotatable bonds is 5. The van der Waals surface area contributed by atoms with Gasteiger partial charge in [0.2, 0.25) is 0 Å². The number of nitrogens with zero attached hydrogens (tertiary/aromatic N) is 1. The van der Waals surface area contributed by atoms with Crippen molar-refractivity contribution in [2.45, 2.75) is 25.8 Å². The fourth-order valence-corrected chi connectivity index (χ4v) is 2.09. The summed E-state index contributed by atoms with van der Waals surface area (Å²) in [5, 5.41) is 0. The number of carbonyl (C=O) groups is 1. The first-order valence-corrected chi connectivity index (χ1v) is 5.47. The first-order chi connectivity index (χ1) is 7.17. The first kappa shape index (κ1) is 12.5. The molecule has 0 aliphatic carbocycles. The number of hydrogen-bond acceptors (Lipinski definition) is 4. The van der Waals surface area contributed by atoms with Crippen molar-refractivity contribution in [3.05, 3.63) is 0 Å². The molecule has 0 saturated carbocycles. The van der Waals surface area contributed by atoms with Crippen LogP contribution in [0.2, 0.25) is 0 Å². The smallest absolute Gasteiger partial charge is 0.307 e. The molecule has 2 unspecified atom stereocenters. The Morgan fingerprint density at radius 1 is 1.53 bits per heavy atom. The molecule has 0 aromatic rings. The monoisotopic (exact) mass is 215 g/mol. The van der Waals surface area contributed by atoms with Crippen LogP contribution < -0.4 is 0 Å². The van der Waals surface area contributed by atoms with Crippen LogP contribution in [0, 0.1) is 5.92 Å². The summed E-state index contributed by atoms with van der Waals surface area (Å²) in [6.07, 6.45) is 1.65. The predicted octanol–water partition coefficient (Wildman–Crippen LogP) is 0.906. The molecular weight excluding hydrogens is 194 g/mol. The molecule has 2 atom stereocenters. The lowest BCUT2D eigenvalue weighted by atomic mass is 10.1. The summed E-state index contributed by atoms with van der Waals surface area (Å²) in [5.74, 6) is 0.493. The minimum Gasteiger partial charge on any atom is -0.469 e. The zero-order valence-electron chi connectivity index (χ0n) is 9.86. The Labute approximate surface area is 91.5 Å². The molecule has 1 fully saturated rings. The lowest BCUT2D eigenvalue weighted by Gasteiger charge is -2.23. The molecule has 0 amide bonds. The highest BCUT2D eigenvalue weighted by atomic mass is 16.5. The Kier molecular flexibility index (Phi) is 5.05. The maximum atomic E-state index is 11.1. The maximum Gasteiger partial charge on any atom is 0.307 e. The molecule has 0 radical (unpaired) electrons. The van der Waals surface area contributed by atoms with E-state index in [4.69, 9.17) is 4.74 Å². The van der Waals surface area contributed by atoms with Crippen molar-refractivity contribution in [3.8, 4) is 0 Å². The van der Waals surface area contributed by atoms with Gasteiger partial charge in [-0.1, -0.05) is 0 Å². The Morgan fingerprint density at radius 2 is 2.27 bits per heavy atom. The van der Waals surface area contributed by atoms with Crippen LogP contribution in [0.25, 0.3) is 0 Å². The molecule has 1 saturated heterocycles. The van der Waals surface area contributed by atoms with Crippen LogP contribution >= 0.6 is 0 Å². The summed E-state index contributed by atoms with van der Waals surface area (Å²) in [4.78, 5) is 13.4. The van der Waals surface area contributed by atoms with Crippen LogP contribution in [0.1, 0.15) is 19.8 Å². The summed E-state index contributed by atoms with van der Waals surface area (Å²) in [6.45, 7) is 4.99. The van der Waals surface area contributed by atoms with Crippen LogP contribution in [0.15, 0.2) is 0 Å². The number of hydrogen-bond donors (Lipinski definition) is 0. The highest BCUT2D eigenvalue weighted by Crippen LogP contribution is 2.20. The second-order valence-corrected chi connectivity index (χ2v) is 4.23. The minimum atomic E-state index is -0.127. The normalized spacial score (nSPS) is 24.1. The van der Waals surface area contributed by atoms with Crippen LogP contribution in [0.4, 0.5) is 0 Å². The van der Waals surface area contributed by atoms with Gasteiger partial charge >= 0.3 is 5.97 Å². The molecule has 4 nitrogen and oxygen atoms in total. The van der Waals surface area contributed by atoms with E-state index in [0.717, 1.165) is 19.7 Å². The van der Waals surface area contributed by atoms with Gasteiger partial charge in [-0.3, -0.25) is 9.69 Å². The van der Waals surface area contributed by atoms with Gasteiger partial charge in [-0.25, -0.2) is 0 Å². The van der Waals surface area contributed by atoms with E-state index in [-0.39, 0.29) is 12.0 Å². The van der Waals surface area contributed by atoms with Gasteiger partial charge in [0, 0.05) is 19.7 Å². The number of carbonyl (C=O) groups excluding carboxylic acids is 1. The van der Waals surface area contributed by atoms with Gasteiger partial charge in [0.15, 0.2) is 0 Å². The van der Waals surface area contributed by atoms with E-state index in [1.165, 1.54) is 13.5 Å². The van der Waals surface area contributed by atoms with Crippen LogP contribution in [0.5, 0.6) is 0 Å². The van der Waals surface area contributed by atoms with Gasteiger partial charge in [0.25, 0.3) is 0 Å². The number of likely N-dealkylation sites (tertiary alicyclic amines) is 1.